The SMILES string of the molecule is O=C(NC[C@@H]1CN(C(=O)c2ccccc2)[C@H]2CCN1C2)[C@@H]1Cc2cc(F)ccc2O1. The average molecular weight is 409 g/mol. The van der Waals surface area contributed by atoms with E-state index in [9.17, 15) is 14.0 Å². The summed E-state index contributed by atoms with van der Waals surface area (Å²) in [5.74, 6) is 0.0903. The molecular formula is C23H24FN3O3. The first-order valence-corrected chi connectivity index (χ1v) is 10.4. The van der Waals surface area contributed by atoms with Crippen molar-refractivity contribution >= 4 is 11.8 Å². The number of piperazine rings is 1. The van der Waals surface area contributed by atoms with Gasteiger partial charge in [-0.15, -0.1) is 0 Å². The number of fused-ring (bicyclic) bond motifs is 3. The molecule has 0 aromatic heterocycles. The minimum atomic E-state index is -0.640. The van der Waals surface area contributed by atoms with Crippen molar-refractivity contribution in [3.05, 3.63) is 65.5 Å². The summed E-state index contributed by atoms with van der Waals surface area (Å²) >= 11 is 0. The molecule has 1 N–H and O–H groups in total. The molecule has 5 rings (SSSR count). The van der Waals surface area contributed by atoms with Crippen LogP contribution in [0, 0.1) is 5.82 Å². The molecule has 2 saturated heterocycles. The largest absolute Gasteiger partial charge is 0.480 e. The van der Waals surface area contributed by atoms with Crippen LogP contribution in [0.3, 0.4) is 0 Å². The van der Waals surface area contributed by atoms with E-state index in [4.69, 9.17) is 4.74 Å². The summed E-state index contributed by atoms with van der Waals surface area (Å²) in [7, 11) is 0. The second kappa shape index (κ2) is 7.72. The van der Waals surface area contributed by atoms with Crippen LogP contribution in [-0.4, -0.2) is 66.0 Å². The monoisotopic (exact) mass is 409 g/mol. The van der Waals surface area contributed by atoms with Gasteiger partial charge in [-0.3, -0.25) is 14.5 Å². The van der Waals surface area contributed by atoms with Gasteiger partial charge in [-0.25, -0.2) is 4.39 Å². The molecule has 2 bridgehead atoms. The van der Waals surface area contributed by atoms with Crippen LogP contribution >= 0.6 is 0 Å². The molecule has 2 fully saturated rings. The molecule has 3 heterocycles. The van der Waals surface area contributed by atoms with E-state index in [2.05, 4.69) is 10.2 Å². The van der Waals surface area contributed by atoms with E-state index < -0.39 is 6.10 Å². The van der Waals surface area contributed by atoms with Crippen molar-refractivity contribution in [1.82, 2.24) is 15.1 Å². The van der Waals surface area contributed by atoms with Gasteiger partial charge in [0.2, 0.25) is 0 Å². The summed E-state index contributed by atoms with van der Waals surface area (Å²) in [6.45, 7) is 2.81. The molecular weight excluding hydrogens is 385 g/mol. The second-order valence-electron chi connectivity index (χ2n) is 8.22. The number of ether oxygens (including phenoxy) is 1. The summed E-state index contributed by atoms with van der Waals surface area (Å²) in [4.78, 5) is 30.0. The minimum Gasteiger partial charge on any atom is -0.480 e. The molecule has 3 aliphatic rings. The van der Waals surface area contributed by atoms with Gasteiger partial charge >= 0.3 is 0 Å². The molecule has 0 saturated carbocycles. The summed E-state index contributed by atoms with van der Waals surface area (Å²) in [6, 6.07) is 14.0. The number of carbonyl (C=O) groups is 2. The first kappa shape index (κ1) is 19.1. The van der Waals surface area contributed by atoms with Crippen molar-refractivity contribution in [3.8, 4) is 5.75 Å². The first-order chi connectivity index (χ1) is 14.6. The van der Waals surface area contributed by atoms with Crippen molar-refractivity contribution in [1.29, 1.82) is 0 Å². The van der Waals surface area contributed by atoms with Gasteiger partial charge < -0.3 is 15.0 Å². The predicted octanol–water partition coefficient (Wildman–Crippen LogP) is 1.84. The van der Waals surface area contributed by atoms with E-state index in [1.807, 2.05) is 35.2 Å². The van der Waals surface area contributed by atoms with Gasteiger partial charge in [-0.05, 0) is 36.8 Å². The summed E-state index contributed by atoms with van der Waals surface area (Å²) < 4.78 is 19.1. The van der Waals surface area contributed by atoms with Gasteiger partial charge in [0.25, 0.3) is 11.8 Å². The van der Waals surface area contributed by atoms with Crippen LogP contribution in [-0.2, 0) is 11.2 Å². The molecule has 30 heavy (non-hydrogen) atoms. The van der Waals surface area contributed by atoms with Gasteiger partial charge in [0.15, 0.2) is 6.10 Å². The van der Waals surface area contributed by atoms with Crippen molar-refractivity contribution < 1.29 is 18.7 Å². The number of nitrogens with zero attached hydrogens (tertiary/aromatic N) is 2. The van der Waals surface area contributed by atoms with E-state index in [0.717, 1.165) is 25.1 Å². The van der Waals surface area contributed by atoms with Crippen LogP contribution < -0.4 is 10.1 Å². The van der Waals surface area contributed by atoms with E-state index in [0.29, 0.717) is 30.8 Å². The van der Waals surface area contributed by atoms with Gasteiger partial charge in [-0.2, -0.15) is 0 Å². The Labute approximate surface area is 174 Å². The molecule has 3 aliphatic heterocycles. The Morgan fingerprint density at radius 3 is 2.80 bits per heavy atom. The molecule has 2 aromatic rings. The molecule has 0 radical (unpaired) electrons. The minimum absolute atomic E-state index is 0.0510. The zero-order valence-corrected chi connectivity index (χ0v) is 16.6. The number of rotatable bonds is 4. The third-order valence-corrected chi connectivity index (χ3v) is 6.34. The van der Waals surface area contributed by atoms with Crippen LogP contribution in [0.2, 0.25) is 0 Å². The fourth-order valence-electron chi connectivity index (χ4n) is 4.73. The van der Waals surface area contributed by atoms with Crippen molar-refractivity contribution in [2.24, 2.45) is 0 Å². The van der Waals surface area contributed by atoms with Gasteiger partial charge in [0.05, 0.1) is 0 Å². The molecule has 6 nitrogen and oxygen atoms in total. The number of halogens is 1. The molecule has 0 aliphatic carbocycles. The van der Waals surface area contributed by atoms with Crippen molar-refractivity contribution in [2.45, 2.75) is 31.0 Å². The number of carbonyl (C=O) groups excluding carboxylic acids is 2. The molecule has 0 spiro atoms. The summed E-state index contributed by atoms with van der Waals surface area (Å²) in [6.07, 6.45) is 0.683. The number of amides is 2. The van der Waals surface area contributed by atoms with Gasteiger partial charge in [0.1, 0.15) is 11.6 Å². The lowest BCUT2D eigenvalue weighted by Crippen LogP contribution is -2.58. The fourth-order valence-corrected chi connectivity index (χ4v) is 4.73. The maximum absolute atomic E-state index is 13.4. The lowest BCUT2D eigenvalue weighted by atomic mass is 10.1. The number of benzene rings is 2. The Balaban J connectivity index is 1.21. The normalized spacial score (nSPS) is 26.8. The highest BCUT2D eigenvalue weighted by Crippen LogP contribution is 2.30. The molecule has 1 unspecified atom stereocenters. The molecule has 2 amide bonds. The Bertz CT molecular complexity index is 967. The Morgan fingerprint density at radius 1 is 1.13 bits per heavy atom. The van der Waals surface area contributed by atoms with Crippen molar-refractivity contribution in [3.63, 3.8) is 0 Å². The summed E-state index contributed by atoms with van der Waals surface area (Å²) in [5, 5.41) is 2.99. The highest BCUT2D eigenvalue weighted by atomic mass is 19.1. The third kappa shape index (κ3) is 3.54. The number of hydrogen-bond donors (Lipinski definition) is 1. The fraction of sp³-hybridized carbons (Fsp3) is 0.391. The highest BCUT2D eigenvalue weighted by molar-refractivity contribution is 5.94. The van der Waals surface area contributed by atoms with E-state index in [1.54, 1.807) is 6.07 Å². The standard InChI is InChI=1S/C23H24FN3O3/c24-17-6-7-20-16(10-17)11-21(30-20)22(28)25-12-19-14-27(18-8-9-26(19)13-18)23(29)15-4-2-1-3-5-15/h1-7,10,18-19,21H,8-9,11-14H2,(H,25,28)/t18-,19+,21-/m0/s1. The first-order valence-electron chi connectivity index (χ1n) is 10.4. The lowest BCUT2D eigenvalue weighted by molar-refractivity contribution is -0.127. The van der Waals surface area contributed by atoms with Crippen LogP contribution in [0.25, 0.3) is 0 Å². The number of nitrogens with one attached hydrogen (secondary N) is 1. The topological polar surface area (TPSA) is 61.9 Å². The number of hydrogen-bond acceptors (Lipinski definition) is 4. The summed E-state index contributed by atoms with van der Waals surface area (Å²) in [5.41, 5.74) is 1.42. The highest BCUT2D eigenvalue weighted by Gasteiger charge is 2.41. The Hall–Kier alpha value is -2.93. The zero-order chi connectivity index (χ0) is 20.7. The average Bonchev–Trinajstić information content (AvgIpc) is 3.38. The maximum atomic E-state index is 13.4. The van der Waals surface area contributed by atoms with E-state index in [1.165, 1.54) is 12.1 Å². The molecule has 7 heteroatoms. The third-order valence-electron chi connectivity index (χ3n) is 6.34. The molecule has 2 aromatic carbocycles. The molecule has 156 valence electrons. The van der Waals surface area contributed by atoms with Crippen molar-refractivity contribution in [2.75, 3.05) is 26.2 Å². The van der Waals surface area contributed by atoms with Crippen LogP contribution in [0.1, 0.15) is 22.3 Å². The Kier molecular flexibility index (Phi) is 4.90. The lowest BCUT2D eigenvalue weighted by Gasteiger charge is -2.40. The smallest absolute Gasteiger partial charge is 0.261 e. The van der Waals surface area contributed by atoms with E-state index in [-0.39, 0.29) is 29.7 Å². The van der Waals surface area contributed by atoms with Gasteiger partial charge in [-0.1, -0.05) is 18.2 Å². The molecule has 4 atom stereocenters. The zero-order valence-electron chi connectivity index (χ0n) is 16.6. The maximum Gasteiger partial charge on any atom is 0.261 e. The quantitative estimate of drug-likeness (QED) is 0.837. The van der Waals surface area contributed by atoms with Crippen LogP contribution in [0.4, 0.5) is 4.39 Å². The van der Waals surface area contributed by atoms with Crippen LogP contribution in [0.15, 0.2) is 48.5 Å². The predicted molar refractivity (Wildman–Crippen MR) is 109 cm³/mol. The Morgan fingerprint density at radius 2 is 1.97 bits per heavy atom. The van der Waals surface area contributed by atoms with Gasteiger partial charge in [0, 0.05) is 55.8 Å². The second-order valence-corrected chi connectivity index (χ2v) is 8.22. The van der Waals surface area contributed by atoms with E-state index >= 15 is 0 Å². The van der Waals surface area contributed by atoms with Crippen LogP contribution in [0.5, 0.6) is 5.75 Å².